The van der Waals surface area contributed by atoms with Gasteiger partial charge in [0.25, 0.3) is 10.0 Å². The Balaban J connectivity index is 1.94. The Bertz CT molecular complexity index is 1190. The van der Waals surface area contributed by atoms with Crippen molar-refractivity contribution in [3.63, 3.8) is 0 Å². The van der Waals surface area contributed by atoms with Crippen molar-refractivity contribution in [1.82, 2.24) is 0 Å². The number of rotatable bonds is 6. The zero-order valence-electron chi connectivity index (χ0n) is 15.8. The monoisotopic (exact) mass is 450 g/mol. The molecule has 0 aliphatic heterocycles. The fraction of sp³-hybridized carbons (Fsp3) is 0.0952. The van der Waals surface area contributed by atoms with Crippen LogP contribution in [0.3, 0.4) is 0 Å². The van der Waals surface area contributed by atoms with Gasteiger partial charge < -0.3 is 5.32 Å². The van der Waals surface area contributed by atoms with Crippen LogP contribution in [0.15, 0.2) is 71.6 Å². The fourth-order valence-corrected chi connectivity index (χ4v) is 4.29. The molecular formula is C21H17ClF2N2O3S. The first-order valence-electron chi connectivity index (χ1n) is 8.77. The standard InChI is InChI=1S/C21H17ClF2N2O3S/c1-14-5-8-18(9-6-14)30(28,29)26(17-4-2-3-15(22)11-17)13-21(27)25-16-7-10-19(23)20(24)12-16/h2-12H,13H2,1H3,(H,25,27). The molecule has 30 heavy (non-hydrogen) atoms. The molecule has 3 rings (SSSR count). The number of hydrogen-bond acceptors (Lipinski definition) is 3. The predicted octanol–water partition coefficient (Wildman–Crippen LogP) is 4.76. The van der Waals surface area contributed by atoms with E-state index in [1.807, 2.05) is 6.92 Å². The topological polar surface area (TPSA) is 66.5 Å². The lowest BCUT2D eigenvalue weighted by molar-refractivity contribution is -0.114. The largest absolute Gasteiger partial charge is 0.324 e. The number of anilines is 2. The number of nitrogens with zero attached hydrogens (tertiary/aromatic N) is 1. The van der Waals surface area contributed by atoms with E-state index in [-0.39, 0.29) is 21.3 Å². The third-order valence-electron chi connectivity index (χ3n) is 4.20. The van der Waals surface area contributed by atoms with Gasteiger partial charge >= 0.3 is 0 Å². The van der Waals surface area contributed by atoms with E-state index in [9.17, 15) is 22.0 Å². The lowest BCUT2D eigenvalue weighted by atomic mass is 10.2. The molecule has 0 unspecified atom stereocenters. The van der Waals surface area contributed by atoms with E-state index >= 15 is 0 Å². The Labute approximate surface area is 178 Å². The molecule has 0 saturated heterocycles. The maximum atomic E-state index is 13.4. The summed E-state index contributed by atoms with van der Waals surface area (Å²) in [6.07, 6.45) is 0. The molecule has 1 amide bonds. The van der Waals surface area contributed by atoms with Gasteiger partial charge in [0.2, 0.25) is 5.91 Å². The Morgan fingerprint density at radius 3 is 2.33 bits per heavy atom. The lowest BCUT2D eigenvalue weighted by Gasteiger charge is -2.24. The summed E-state index contributed by atoms with van der Waals surface area (Å²) in [4.78, 5) is 12.5. The molecule has 0 radical (unpaired) electrons. The summed E-state index contributed by atoms with van der Waals surface area (Å²) < 4.78 is 53.9. The van der Waals surface area contributed by atoms with Gasteiger partial charge in [0.1, 0.15) is 6.54 Å². The molecule has 0 aromatic heterocycles. The maximum Gasteiger partial charge on any atom is 0.264 e. The first-order chi connectivity index (χ1) is 14.2. The molecule has 5 nitrogen and oxygen atoms in total. The smallest absolute Gasteiger partial charge is 0.264 e. The van der Waals surface area contributed by atoms with Crippen LogP contribution in [0.1, 0.15) is 5.56 Å². The highest BCUT2D eigenvalue weighted by Gasteiger charge is 2.27. The van der Waals surface area contributed by atoms with Crippen molar-refractivity contribution in [2.24, 2.45) is 0 Å². The first-order valence-corrected chi connectivity index (χ1v) is 10.6. The summed E-state index contributed by atoms with van der Waals surface area (Å²) in [5, 5.41) is 2.66. The summed E-state index contributed by atoms with van der Waals surface area (Å²) in [5.41, 5.74) is 1.06. The Morgan fingerprint density at radius 2 is 1.70 bits per heavy atom. The van der Waals surface area contributed by atoms with Gasteiger partial charge in [0.15, 0.2) is 11.6 Å². The molecule has 0 aliphatic carbocycles. The van der Waals surface area contributed by atoms with E-state index in [1.165, 1.54) is 30.3 Å². The van der Waals surface area contributed by atoms with Crippen LogP contribution in [0, 0.1) is 18.6 Å². The average molecular weight is 451 g/mol. The third kappa shape index (κ3) is 4.95. The minimum absolute atomic E-state index is 0.00215. The number of carbonyl (C=O) groups is 1. The quantitative estimate of drug-likeness (QED) is 0.588. The number of halogens is 3. The molecule has 3 aromatic rings. The van der Waals surface area contributed by atoms with Crippen LogP contribution >= 0.6 is 11.6 Å². The van der Waals surface area contributed by atoms with Crippen LogP contribution in [0.2, 0.25) is 5.02 Å². The molecule has 1 N–H and O–H groups in total. The second-order valence-electron chi connectivity index (χ2n) is 6.48. The van der Waals surface area contributed by atoms with Gasteiger partial charge in [-0.05, 0) is 49.4 Å². The normalized spacial score (nSPS) is 11.2. The number of benzene rings is 3. The molecule has 0 fully saturated rings. The van der Waals surface area contributed by atoms with Crippen molar-refractivity contribution in [3.8, 4) is 0 Å². The van der Waals surface area contributed by atoms with Crippen molar-refractivity contribution in [2.75, 3.05) is 16.2 Å². The lowest BCUT2D eigenvalue weighted by Crippen LogP contribution is -2.38. The van der Waals surface area contributed by atoms with Gasteiger partial charge in [-0.1, -0.05) is 35.4 Å². The Morgan fingerprint density at radius 1 is 1.00 bits per heavy atom. The molecule has 3 aromatic carbocycles. The molecule has 0 saturated carbocycles. The van der Waals surface area contributed by atoms with Gasteiger partial charge in [0.05, 0.1) is 10.6 Å². The molecule has 0 aliphatic rings. The molecule has 0 spiro atoms. The van der Waals surface area contributed by atoms with E-state index in [1.54, 1.807) is 24.3 Å². The second-order valence-corrected chi connectivity index (χ2v) is 8.78. The van der Waals surface area contributed by atoms with Crippen LogP contribution < -0.4 is 9.62 Å². The highest BCUT2D eigenvalue weighted by atomic mass is 35.5. The zero-order chi connectivity index (χ0) is 21.9. The Kier molecular flexibility index (Phi) is 6.38. The van der Waals surface area contributed by atoms with Gasteiger partial charge in [-0.15, -0.1) is 0 Å². The average Bonchev–Trinajstić information content (AvgIpc) is 2.69. The van der Waals surface area contributed by atoms with Crippen molar-refractivity contribution in [1.29, 1.82) is 0 Å². The van der Waals surface area contributed by atoms with Crippen molar-refractivity contribution in [3.05, 3.63) is 89.0 Å². The van der Waals surface area contributed by atoms with E-state index < -0.39 is 34.1 Å². The molecular weight excluding hydrogens is 434 g/mol. The van der Waals surface area contributed by atoms with Gasteiger partial charge in [0, 0.05) is 16.8 Å². The van der Waals surface area contributed by atoms with Crippen LogP contribution in [-0.4, -0.2) is 20.9 Å². The number of aryl methyl sites for hydroxylation is 1. The van der Waals surface area contributed by atoms with Gasteiger partial charge in [-0.3, -0.25) is 9.10 Å². The van der Waals surface area contributed by atoms with Crippen molar-refractivity contribution in [2.45, 2.75) is 11.8 Å². The predicted molar refractivity (Wildman–Crippen MR) is 112 cm³/mol. The summed E-state index contributed by atoms with van der Waals surface area (Å²) in [6.45, 7) is 1.22. The number of hydrogen-bond donors (Lipinski definition) is 1. The molecule has 9 heteroatoms. The molecule has 0 heterocycles. The zero-order valence-corrected chi connectivity index (χ0v) is 17.3. The van der Waals surface area contributed by atoms with Crippen LogP contribution in [0.5, 0.6) is 0 Å². The fourth-order valence-electron chi connectivity index (χ4n) is 2.69. The van der Waals surface area contributed by atoms with Crippen LogP contribution in [0.25, 0.3) is 0 Å². The minimum atomic E-state index is -4.11. The number of nitrogens with one attached hydrogen (secondary N) is 1. The van der Waals surface area contributed by atoms with E-state index in [2.05, 4.69) is 5.32 Å². The summed E-state index contributed by atoms with van der Waals surface area (Å²) in [6, 6.07) is 15.1. The SMILES string of the molecule is Cc1ccc(S(=O)(=O)N(CC(=O)Nc2ccc(F)c(F)c2)c2cccc(Cl)c2)cc1. The van der Waals surface area contributed by atoms with Gasteiger partial charge in [-0.2, -0.15) is 0 Å². The van der Waals surface area contributed by atoms with Crippen molar-refractivity contribution < 1.29 is 22.0 Å². The van der Waals surface area contributed by atoms with Crippen molar-refractivity contribution >= 4 is 38.9 Å². The third-order valence-corrected chi connectivity index (χ3v) is 6.22. The highest BCUT2D eigenvalue weighted by molar-refractivity contribution is 7.92. The van der Waals surface area contributed by atoms with E-state index in [4.69, 9.17) is 11.6 Å². The van der Waals surface area contributed by atoms with Crippen LogP contribution in [-0.2, 0) is 14.8 Å². The summed E-state index contributed by atoms with van der Waals surface area (Å²) >= 11 is 6.01. The minimum Gasteiger partial charge on any atom is -0.324 e. The second kappa shape index (κ2) is 8.81. The first kappa shape index (κ1) is 21.7. The molecule has 0 bridgehead atoms. The summed E-state index contributed by atoms with van der Waals surface area (Å²) in [5.74, 6) is -2.93. The summed E-state index contributed by atoms with van der Waals surface area (Å²) in [7, 11) is -4.11. The number of carbonyl (C=O) groups excluding carboxylic acids is 1. The van der Waals surface area contributed by atoms with E-state index in [0.717, 1.165) is 22.0 Å². The maximum absolute atomic E-state index is 13.4. The van der Waals surface area contributed by atoms with Gasteiger partial charge in [-0.25, -0.2) is 17.2 Å². The molecule has 0 atom stereocenters. The Hall–Kier alpha value is -2.97. The number of amides is 1. The highest BCUT2D eigenvalue weighted by Crippen LogP contribution is 2.26. The molecule has 156 valence electrons. The van der Waals surface area contributed by atoms with Crippen LogP contribution in [0.4, 0.5) is 20.2 Å². The number of sulfonamides is 1. The van der Waals surface area contributed by atoms with E-state index in [0.29, 0.717) is 0 Å².